The zero-order valence-electron chi connectivity index (χ0n) is 16.0. The maximum Gasteiger partial charge on any atom is 0.258 e. The number of nitrogens with one attached hydrogen (secondary N) is 2. The molecule has 0 saturated heterocycles. The van der Waals surface area contributed by atoms with Crippen LogP contribution in [0.4, 0.5) is 17.3 Å². The number of hydrogen-bond acceptors (Lipinski definition) is 5. The fourth-order valence-corrected chi connectivity index (χ4v) is 2.83. The molecule has 0 aliphatic heterocycles. The Morgan fingerprint density at radius 2 is 1.82 bits per heavy atom. The molecular weight excluding hydrogens is 350 g/mol. The van der Waals surface area contributed by atoms with Crippen LogP contribution in [0.2, 0.25) is 0 Å². The summed E-state index contributed by atoms with van der Waals surface area (Å²) in [5, 5.41) is 15.0. The normalized spacial score (nSPS) is 10.4. The molecule has 1 heterocycles. The highest BCUT2D eigenvalue weighted by Gasteiger charge is 2.12. The number of anilines is 3. The summed E-state index contributed by atoms with van der Waals surface area (Å²) in [4.78, 5) is 20.9. The van der Waals surface area contributed by atoms with E-state index >= 15 is 0 Å². The van der Waals surface area contributed by atoms with Crippen LogP contribution in [-0.4, -0.2) is 15.9 Å². The standard InChI is InChI=1S/C22H21N5O/c1-14(2)19-9-4-6-15(3)20(19)27-22-24-12-17(13-25-22)21(28)26-18-8-5-7-16(10-18)11-23/h4-10,12-14H,1-3H3,(H,26,28)(H,24,25,27). The summed E-state index contributed by atoms with van der Waals surface area (Å²) in [6.07, 6.45) is 2.96. The van der Waals surface area contributed by atoms with E-state index in [9.17, 15) is 4.79 Å². The van der Waals surface area contributed by atoms with Crippen LogP contribution >= 0.6 is 0 Å². The number of rotatable bonds is 5. The predicted molar refractivity (Wildman–Crippen MR) is 110 cm³/mol. The first-order valence-electron chi connectivity index (χ1n) is 8.98. The van der Waals surface area contributed by atoms with E-state index in [2.05, 4.69) is 40.5 Å². The van der Waals surface area contributed by atoms with Crippen molar-refractivity contribution in [1.29, 1.82) is 5.26 Å². The first-order chi connectivity index (χ1) is 13.5. The van der Waals surface area contributed by atoms with Crippen molar-refractivity contribution in [2.75, 3.05) is 10.6 Å². The lowest BCUT2D eigenvalue weighted by atomic mass is 9.98. The van der Waals surface area contributed by atoms with Crippen molar-refractivity contribution in [3.63, 3.8) is 0 Å². The number of carbonyl (C=O) groups excluding carboxylic acids is 1. The van der Waals surface area contributed by atoms with Gasteiger partial charge in [0.1, 0.15) is 0 Å². The fraction of sp³-hybridized carbons (Fsp3) is 0.182. The Balaban J connectivity index is 1.75. The second-order valence-electron chi connectivity index (χ2n) is 6.76. The lowest BCUT2D eigenvalue weighted by molar-refractivity contribution is 0.102. The molecule has 0 aliphatic carbocycles. The summed E-state index contributed by atoms with van der Waals surface area (Å²) in [5.74, 6) is 0.455. The maximum absolute atomic E-state index is 12.4. The van der Waals surface area contributed by atoms with Gasteiger partial charge in [0.15, 0.2) is 0 Å². The molecule has 0 radical (unpaired) electrons. The summed E-state index contributed by atoms with van der Waals surface area (Å²) >= 11 is 0. The maximum atomic E-state index is 12.4. The van der Waals surface area contributed by atoms with Crippen LogP contribution < -0.4 is 10.6 Å². The Bertz CT molecular complexity index is 1040. The number of carbonyl (C=O) groups is 1. The first kappa shape index (κ1) is 19.1. The monoisotopic (exact) mass is 371 g/mol. The van der Waals surface area contributed by atoms with E-state index in [1.807, 2.05) is 25.1 Å². The molecule has 0 fully saturated rings. The number of amides is 1. The van der Waals surface area contributed by atoms with Crippen molar-refractivity contribution >= 4 is 23.2 Å². The first-order valence-corrected chi connectivity index (χ1v) is 8.98. The largest absolute Gasteiger partial charge is 0.324 e. The Morgan fingerprint density at radius 3 is 2.50 bits per heavy atom. The lowest BCUT2D eigenvalue weighted by Gasteiger charge is -2.16. The molecule has 140 valence electrons. The molecular formula is C22H21N5O. The molecule has 0 unspecified atom stereocenters. The van der Waals surface area contributed by atoms with Crippen LogP contribution in [0.1, 0.15) is 46.8 Å². The fourth-order valence-electron chi connectivity index (χ4n) is 2.83. The molecule has 2 aromatic carbocycles. The molecule has 1 aromatic heterocycles. The third-order valence-corrected chi connectivity index (χ3v) is 4.33. The number of nitrogens with zero attached hydrogens (tertiary/aromatic N) is 3. The van der Waals surface area contributed by atoms with Gasteiger partial charge in [0.25, 0.3) is 5.91 Å². The van der Waals surface area contributed by atoms with E-state index in [4.69, 9.17) is 5.26 Å². The summed E-state index contributed by atoms with van der Waals surface area (Å²) < 4.78 is 0. The highest BCUT2D eigenvalue weighted by Crippen LogP contribution is 2.29. The van der Waals surface area contributed by atoms with Gasteiger partial charge in [-0.05, 0) is 42.2 Å². The molecule has 6 nitrogen and oxygen atoms in total. The average molecular weight is 371 g/mol. The van der Waals surface area contributed by atoms with Crippen LogP contribution in [0.15, 0.2) is 54.9 Å². The van der Waals surface area contributed by atoms with Crippen LogP contribution in [0.25, 0.3) is 0 Å². The SMILES string of the molecule is Cc1cccc(C(C)C)c1Nc1ncc(C(=O)Nc2cccc(C#N)c2)cn1. The predicted octanol–water partition coefficient (Wildman–Crippen LogP) is 4.78. The molecule has 0 aliphatic rings. The number of aryl methyl sites for hydroxylation is 1. The average Bonchev–Trinajstić information content (AvgIpc) is 2.70. The molecule has 0 spiro atoms. The van der Waals surface area contributed by atoms with Gasteiger partial charge >= 0.3 is 0 Å². The van der Waals surface area contributed by atoms with Crippen LogP contribution in [-0.2, 0) is 0 Å². The zero-order chi connectivity index (χ0) is 20.1. The number of hydrogen-bond donors (Lipinski definition) is 2. The van der Waals surface area contributed by atoms with Crippen LogP contribution in [0, 0.1) is 18.3 Å². The van der Waals surface area contributed by atoms with E-state index in [0.717, 1.165) is 11.3 Å². The zero-order valence-corrected chi connectivity index (χ0v) is 16.0. The van der Waals surface area contributed by atoms with E-state index < -0.39 is 0 Å². The van der Waals surface area contributed by atoms with Crippen LogP contribution in [0.5, 0.6) is 0 Å². The van der Waals surface area contributed by atoms with Gasteiger partial charge in [0.2, 0.25) is 5.95 Å². The summed E-state index contributed by atoms with van der Waals surface area (Å²) in [6.45, 7) is 6.30. The third-order valence-electron chi connectivity index (χ3n) is 4.33. The van der Waals surface area contributed by atoms with Gasteiger partial charge in [0, 0.05) is 23.8 Å². The van der Waals surface area contributed by atoms with E-state index in [1.165, 1.54) is 18.0 Å². The molecule has 1 amide bonds. The second kappa shape index (κ2) is 8.31. The smallest absolute Gasteiger partial charge is 0.258 e. The molecule has 6 heteroatoms. The van der Waals surface area contributed by atoms with E-state index in [0.29, 0.717) is 28.7 Å². The van der Waals surface area contributed by atoms with Crippen LogP contribution in [0.3, 0.4) is 0 Å². The lowest BCUT2D eigenvalue weighted by Crippen LogP contribution is -2.13. The summed E-state index contributed by atoms with van der Waals surface area (Å²) in [7, 11) is 0. The molecule has 3 aromatic rings. The van der Waals surface area contributed by atoms with Gasteiger partial charge < -0.3 is 10.6 Å². The molecule has 0 atom stereocenters. The van der Waals surface area contributed by atoms with Crippen molar-refractivity contribution in [3.05, 3.63) is 77.1 Å². The molecule has 3 rings (SSSR count). The minimum Gasteiger partial charge on any atom is -0.324 e. The van der Waals surface area contributed by atoms with Gasteiger partial charge in [-0.1, -0.05) is 38.1 Å². The van der Waals surface area contributed by atoms with Crippen molar-refractivity contribution < 1.29 is 4.79 Å². The number of benzene rings is 2. The van der Waals surface area contributed by atoms with Crippen molar-refractivity contribution in [2.45, 2.75) is 26.7 Å². The molecule has 2 N–H and O–H groups in total. The number of para-hydroxylation sites is 1. The number of nitriles is 1. The van der Waals surface area contributed by atoms with Gasteiger partial charge in [-0.3, -0.25) is 4.79 Å². The van der Waals surface area contributed by atoms with Gasteiger partial charge in [-0.15, -0.1) is 0 Å². The van der Waals surface area contributed by atoms with Crippen molar-refractivity contribution in [3.8, 4) is 6.07 Å². The Hall–Kier alpha value is -3.72. The van der Waals surface area contributed by atoms with E-state index in [1.54, 1.807) is 24.3 Å². The Kier molecular flexibility index (Phi) is 5.66. The van der Waals surface area contributed by atoms with Crippen molar-refractivity contribution in [1.82, 2.24) is 9.97 Å². The Labute approximate surface area is 164 Å². The molecule has 0 saturated carbocycles. The van der Waals surface area contributed by atoms with Gasteiger partial charge in [0.05, 0.1) is 17.2 Å². The third kappa shape index (κ3) is 4.33. The summed E-state index contributed by atoms with van der Waals surface area (Å²) in [5.41, 5.74) is 4.64. The highest BCUT2D eigenvalue weighted by molar-refractivity contribution is 6.04. The minimum atomic E-state index is -0.333. The topological polar surface area (TPSA) is 90.7 Å². The molecule has 0 bridgehead atoms. The number of aromatic nitrogens is 2. The molecule has 28 heavy (non-hydrogen) atoms. The van der Waals surface area contributed by atoms with E-state index in [-0.39, 0.29) is 5.91 Å². The Morgan fingerprint density at radius 1 is 1.11 bits per heavy atom. The second-order valence-corrected chi connectivity index (χ2v) is 6.76. The van der Waals surface area contributed by atoms with Gasteiger partial charge in [-0.25, -0.2) is 9.97 Å². The van der Waals surface area contributed by atoms with Crippen molar-refractivity contribution in [2.24, 2.45) is 0 Å². The summed E-state index contributed by atoms with van der Waals surface area (Å²) in [6, 6.07) is 14.9. The quantitative estimate of drug-likeness (QED) is 0.674. The minimum absolute atomic E-state index is 0.333. The highest BCUT2D eigenvalue weighted by atomic mass is 16.1. The van der Waals surface area contributed by atoms with Gasteiger partial charge in [-0.2, -0.15) is 5.26 Å².